The van der Waals surface area contributed by atoms with Crippen LogP contribution >= 0.6 is 0 Å². The Balaban J connectivity index is 2.70. The predicted molar refractivity (Wildman–Crippen MR) is 61.0 cm³/mol. The smallest absolute Gasteiger partial charge is 0.231 e. The molecule has 1 rings (SSSR count). The lowest BCUT2D eigenvalue weighted by Gasteiger charge is -2.13. The van der Waals surface area contributed by atoms with Gasteiger partial charge in [-0.1, -0.05) is 19.0 Å². The minimum atomic E-state index is -0.132. The Morgan fingerprint density at radius 1 is 1.38 bits per heavy atom. The lowest BCUT2D eigenvalue weighted by Crippen LogP contribution is -2.25. The van der Waals surface area contributed by atoms with Crippen LogP contribution in [0.3, 0.4) is 0 Å². The van der Waals surface area contributed by atoms with Crippen molar-refractivity contribution in [3.8, 4) is 0 Å². The van der Waals surface area contributed by atoms with Crippen molar-refractivity contribution in [3.63, 3.8) is 0 Å². The number of nitrogens with zero attached hydrogens (tertiary/aromatic N) is 2. The van der Waals surface area contributed by atoms with E-state index in [1.807, 2.05) is 27.7 Å². The maximum Gasteiger partial charge on any atom is 0.231 e. The molecule has 0 aliphatic carbocycles. The third kappa shape index (κ3) is 3.02. The fourth-order valence-electron chi connectivity index (χ4n) is 1.46. The molecule has 0 spiro atoms. The summed E-state index contributed by atoms with van der Waals surface area (Å²) in [6.07, 6.45) is 0.757. The van der Waals surface area contributed by atoms with Gasteiger partial charge in [0.25, 0.3) is 0 Å². The van der Waals surface area contributed by atoms with Crippen molar-refractivity contribution < 1.29 is 9.26 Å². The predicted octanol–water partition coefficient (Wildman–Crippen LogP) is 2.01. The summed E-state index contributed by atoms with van der Waals surface area (Å²) in [5.74, 6) is 1.27. The summed E-state index contributed by atoms with van der Waals surface area (Å²) in [5, 5.41) is 3.91. The van der Waals surface area contributed by atoms with Crippen LogP contribution in [0.1, 0.15) is 57.9 Å². The molecule has 5 heteroatoms. The quantitative estimate of drug-likeness (QED) is 0.804. The number of rotatable bonds is 6. The molecule has 2 N–H and O–H groups in total. The zero-order valence-electron chi connectivity index (χ0n) is 10.4. The lowest BCUT2D eigenvalue weighted by molar-refractivity contribution is 0.0683. The molecule has 0 aliphatic rings. The third-order valence-electron chi connectivity index (χ3n) is 2.74. The van der Waals surface area contributed by atoms with E-state index in [2.05, 4.69) is 10.1 Å². The zero-order valence-corrected chi connectivity index (χ0v) is 10.4. The van der Waals surface area contributed by atoms with Crippen LogP contribution < -0.4 is 5.73 Å². The molecule has 1 heterocycles. The van der Waals surface area contributed by atoms with Gasteiger partial charge in [0.15, 0.2) is 5.82 Å². The van der Waals surface area contributed by atoms with E-state index >= 15 is 0 Å². The molecule has 0 aromatic carbocycles. The van der Waals surface area contributed by atoms with E-state index in [4.69, 9.17) is 15.0 Å². The summed E-state index contributed by atoms with van der Waals surface area (Å²) in [7, 11) is 0. The van der Waals surface area contributed by atoms with Crippen LogP contribution in [0.5, 0.6) is 0 Å². The fraction of sp³-hybridized carbons (Fsp3) is 0.818. The molecule has 5 nitrogen and oxygen atoms in total. The van der Waals surface area contributed by atoms with Gasteiger partial charge in [-0.25, -0.2) is 0 Å². The van der Waals surface area contributed by atoms with Crippen molar-refractivity contribution in [3.05, 3.63) is 11.7 Å². The maximum atomic E-state index is 5.93. The molecule has 92 valence electrons. The Bertz CT molecular complexity index is 314. The highest BCUT2D eigenvalue weighted by Crippen LogP contribution is 2.20. The molecule has 0 fully saturated rings. The van der Waals surface area contributed by atoms with Crippen molar-refractivity contribution in [1.29, 1.82) is 0 Å². The second kappa shape index (κ2) is 5.96. The Kier molecular flexibility index (Phi) is 4.89. The van der Waals surface area contributed by atoms with Crippen molar-refractivity contribution in [2.45, 2.75) is 52.2 Å². The molecule has 0 aliphatic heterocycles. The maximum absolute atomic E-state index is 5.93. The van der Waals surface area contributed by atoms with Gasteiger partial charge < -0.3 is 15.0 Å². The standard InChI is InChI=1S/C11H21N3O2/c1-5-9(12)7(3)11-13-10(14-16-11)8(4)15-6-2/h7-9H,5-6,12H2,1-4H3. The van der Waals surface area contributed by atoms with Gasteiger partial charge in [0.1, 0.15) is 6.10 Å². The van der Waals surface area contributed by atoms with E-state index in [-0.39, 0.29) is 18.1 Å². The first-order valence-corrected chi connectivity index (χ1v) is 5.80. The van der Waals surface area contributed by atoms with Crippen LogP contribution in [0.4, 0.5) is 0 Å². The average Bonchev–Trinajstić information content (AvgIpc) is 2.76. The number of aromatic nitrogens is 2. The van der Waals surface area contributed by atoms with Gasteiger partial charge in [0.2, 0.25) is 5.89 Å². The topological polar surface area (TPSA) is 74.2 Å². The highest BCUT2D eigenvalue weighted by Gasteiger charge is 2.21. The first kappa shape index (κ1) is 13.1. The van der Waals surface area contributed by atoms with Crippen LogP contribution in [0.25, 0.3) is 0 Å². The highest BCUT2D eigenvalue weighted by atomic mass is 16.5. The molecule has 3 unspecified atom stereocenters. The van der Waals surface area contributed by atoms with Gasteiger partial charge in [0, 0.05) is 12.6 Å². The van der Waals surface area contributed by atoms with E-state index in [1.54, 1.807) is 0 Å². The highest BCUT2D eigenvalue weighted by molar-refractivity contribution is 4.97. The number of ether oxygens (including phenoxy) is 1. The van der Waals surface area contributed by atoms with Gasteiger partial charge in [-0.05, 0) is 20.3 Å². The van der Waals surface area contributed by atoms with E-state index in [0.717, 1.165) is 6.42 Å². The van der Waals surface area contributed by atoms with Crippen LogP contribution in [0.15, 0.2) is 4.52 Å². The molecule has 0 saturated heterocycles. The molecular formula is C11H21N3O2. The van der Waals surface area contributed by atoms with E-state index in [9.17, 15) is 0 Å². The van der Waals surface area contributed by atoms with Crippen LogP contribution in [-0.4, -0.2) is 22.8 Å². The molecule has 1 aromatic rings. The van der Waals surface area contributed by atoms with Crippen LogP contribution in [-0.2, 0) is 4.74 Å². The van der Waals surface area contributed by atoms with Gasteiger partial charge in [-0.2, -0.15) is 4.98 Å². The van der Waals surface area contributed by atoms with Gasteiger partial charge in [0.05, 0.1) is 5.92 Å². The Morgan fingerprint density at radius 2 is 2.06 bits per heavy atom. The van der Waals surface area contributed by atoms with Gasteiger partial charge in [-0.15, -0.1) is 0 Å². The summed E-state index contributed by atoms with van der Waals surface area (Å²) in [4.78, 5) is 4.31. The Labute approximate surface area is 96.4 Å². The minimum Gasteiger partial charge on any atom is -0.371 e. The second-order valence-corrected chi connectivity index (χ2v) is 3.95. The van der Waals surface area contributed by atoms with E-state index < -0.39 is 0 Å². The largest absolute Gasteiger partial charge is 0.371 e. The summed E-state index contributed by atoms with van der Waals surface area (Å²) in [6, 6.07) is 0.0516. The molecular weight excluding hydrogens is 206 g/mol. The molecule has 0 radical (unpaired) electrons. The number of hydrogen-bond donors (Lipinski definition) is 1. The molecule has 0 bridgehead atoms. The molecule has 0 saturated carbocycles. The average molecular weight is 227 g/mol. The molecule has 1 aromatic heterocycles. The summed E-state index contributed by atoms with van der Waals surface area (Å²) in [6.45, 7) is 8.52. The SMILES string of the molecule is CCOC(C)c1noc(C(C)C(N)CC)n1. The summed E-state index contributed by atoms with van der Waals surface area (Å²) in [5.41, 5.74) is 5.93. The summed E-state index contributed by atoms with van der Waals surface area (Å²) < 4.78 is 10.6. The van der Waals surface area contributed by atoms with Crippen LogP contribution in [0, 0.1) is 0 Å². The first-order valence-electron chi connectivity index (χ1n) is 5.80. The number of nitrogens with two attached hydrogens (primary N) is 1. The fourth-order valence-corrected chi connectivity index (χ4v) is 1.46. The van der Waals surface area contributed by atoms with Gasteiger partial charge in [-0.3, -0.25) is 0 Å². The van der Waals surface area contributed by atoms with Gasteiger partial charge >= 0.3 is 0 Å². The zero-order chi connectivity index (χ0) is 12.1. The Morgan fingerprint density at radius 3 is 2.62 bits per heavy atom. The summed E-state index contributed by atoms with van der Waals surface area (Å²) >= 11 is 0. The minimum absolute atomic E-state index is 0.0516. The number of hydrogen-bond acceptors (Lipinski definition) is 5. The normalized spacial score (nSPS) is 17.1. The molecule has 0 amide bonds. The monoisotopic (exact) mass is 227 g/mol. The van der Waals surface area contributed by atoms with E-state index in [1.165, 1.54) is 0 Å². The third-order valence-corrected chi connectivity index (χ3v) is 2.74. The molecule has 3 atom stereocenters. The lowest BCUT2D eigenvalue weighted by atomic mass is 10.0. The van der Waals surface area contributed by atoms with Crippen LogP contribution in [0.2, 0.25) is 0 Å². The first-order chi connectivity index (χ1) is 7.60. The van der Waals surface area contributed by atoms with Crippen molar-refractivity contribution >= 4 is 0 Å². The molecule has 16 heavy (non-hydrogen) atoms. The van der Waals surface area contributed by atoms with Crippen molar-refractivity contribution in [2.75, 3.05) is 6.61 Å². The van der Waals surface area contributed by atoms with Crippen molar-refractivity contribution in [1.82, 2.24) is 10.1 Å². The Hall–Kier alpha value is -0.940. The van der Waals surface area contributed by atoms with Crippen molar-refractivity contribution in [2.24, 2.45) is 5.73 Å². The van der Waals surface area contributed by atoms with E-state index in [0.29, 0.717) is 18.3 Å². The second-order valence-electron chi connectivity index (χ2n) is 3.95.